The summed E-state index contributed by atoms with van der Waals surface area (Å²) in [6.07, 6.45) is 12.2. The van der Waals surface area contributed by atoms with E-state index in [4.69, 9.17) is 9.47 Å². The number of unbranched alkanes of at least 4 members (excludes halogenated alkanes) is 1. The Balaban J connectivity index is 2.02. The summed E-state index contributed by atoms with van der Waals surface area (Å²) < 4.78 is 12.3. The second kappa shape index (κ2) is 14.9. The molecular weight excluding hydrogens is 428 g/mol. The number of ether oxygens (including phenoxy) is 2. The van der Waals surface area contributed by atoms with E-state index in [1.54, 1.807) is 18.7 Å². The van der Waals surface area contributed by atoms with Crippen LogP contribution in [0.5, 0.6) is 0 Å². The fourth-order valence-electron chi connectivity index (χ4n) is 3.66. The topological polar surface area (TPSA) is 59.7 Å². The van der Waals surface area contributed by atoms with Crippen LogP contribution in [-0.4, -0.2) is 38.2 Å². The van der Waals surface area contributed by atoms with Crippen molar-refractivity contribution in [2.24, 2.45) is 5.92 Å². The summed E-state index contributed by atoms with van der Waals surface area (Å²) in [5.41, 5.74) is 2.92. The van der Waals surface area contributed by atoms with Crippen LogP contribution in [0.2, 0.25) is 0 Å². The molecule has 2 rings (SSSR count). The fraction of sp³-hybridized carbons (Fsp3) is 0.464. The monoisotopic (exact) mass is 467 g/mol. The van der Waals surface area contributed by atoms with E-state index >= 15 is 0 Å². The Morgan fingerprint density at radius 2 is 1.41 bits per heavy atom. The Hall–Kier alpha value is -3.15. The zero-order valence-electron chi connectivity index (χ0n) is 21.0. The predicted octanol–water partition coefficient (Wildman–Crippen LogP) is 4.90. The third kappa shape index (κ3) is 9.77. The van der Waals surface area contributed by atoms with Crippen LogP contribution in [0.25, 0.3) is 12.2 Å². The summed E-state index contributed by atoms with van der Waals surface area (Å²) >= 11 is 0. The van der Waals surface area contributed by atoms with Gasteiger partial charge in [0.05, 0.1) is 13.2 Å². The van der Waals surface area contributed by atoms with Crippen molar-refractivity contribution in [1.29, 1.82) is 0 Å². The van der Waals surface area contributed by atoms with E-state index in [0.29, 0.717) is 19.1 Å². The first-order valence-corrected chi connectivity index (χ1v) is 12.3. The Morgan fingerprint density at radius 3 is 1.91 bits per heavy atom. The minimum absolute atomic E-state index is 0.0110. The van der Waals surface area contributed by atoms with Crippen LogP contribution in [0, 0.1) is 5.92 Å². The molecule has 1 unspecified atom stereocenters. The molecule has 0 N–H and O–H groups in total. The molecule has 34 heavy (non-hydrogen) atoms. The van der Waals surface area contributed by atoms with E-state index in [1.807, 2.05) is 30.3 Å². The highest BCUT2D eigenvalue weighted by molar-refractivity contribution is 5.81. The standard InChI is InChI=1S/C28H39N2O4/c1-5-8-9-23(4)20-29-18-16-25(17-19-29)11-10-24-12-14-26(15-13-24)30(21-27(31)33-6-2)22-28(32)34-7-3/h10-19,23H,5-9,20-22H2,1-4H3/q+1. The number of esters is 2. The van der Waals surface area contributed by atoms with Gasteiger partial charge in [-0.1, -0.05) is 51.0 Å². The number of carbonyl (C=O) groups excluding carboxylic acids is 2. The molecule has 6 nitrogen and oxygen atoms in total. The molecule has 0 fully saturated rings. The highest BCUT2D eigenvalue weighted by Gasteiger charge is 2.17. The van der Waals surface area contributed by atoms with Crippen molar-refractivity contribution < 1.29 is 23.6 Å². The number of carbonyl (C=O) groups is 2. The molecule has 184 valence electrons. The zero-order valence-corrected chi connectivity index (χ0v) is 21.0. The van der Waals surface area contributed by atoms with E-state index in [1.165, 1.54) is 19.3 Å². The van der Waals surface area contributed by atoms with Crippen molar-refractivity contribution in [3.63, 3.8) is 0 Å². The Labute approximate surface area is 204 Å². The van der Waals surface area contributed by atoms with Crippen molar-refractivity contribution in [3.8, 4) is 0 Å². The van der Waals surface area contributed by atoms with E-state index < -0.39 is 0 Å². The van der Waals surface area contributed by atoms with Crippen LogP contribution < -0.4 is 9.47 Å². The van der Waals surface area contributed by atoms with Gasteiger partial charge < -0.3 is 14.4 Å². The molecule has 0 saturated heterocycles. The minimum atomic E-state index is -0.378. The Bertz CT molecular complexity index is 887. The second-order valence-electron chi connectivity index (χ2n) is 8.47. The summed E-state index contributed by atoms with van der Waals surface area (Å²) in [5.74, 6) is -0.0780. The van der Waals surface area contributed by atoms with E-state index in [-0.39, 0.29) is 25.0 Å². The summed E-state index contributed by atoms with van der Waals surface area (Å²) in [7, 11) is 0. The lowest BCUT2D eigenvalue weighted by Gasteiger charge is -2.22. The van der Waals surface area contributed by atoms with Crippen molar-refractivity contribution in [2.45, 2.75) is 53.5 Å². The van der Waals surface area contributed by atoms with Crippen LogP contribution in [0.4, 0.5) is 5.69 Å². The number of hydrogen-bond acceptors (Lipinski definition) is 5. The number of anilines is 1. The third-order valence-electron chi connectivity index (χ3n) is 5.47. The first kappa shape index (κ1) is 27.1. The summed E-state index contributed by atoms with van der Waals surface area (Å²) in [4.78, 5) is 25.7. The quantitative estimate of drug-likeness (QED) is 0.292. The van der Waals surface area contributed by atoms with E-state index in [9.17, 15) is 9.59 Å². The molecule has 0 radical (unpaired) electrons. The normalized spacial score (nSPS) is 11.9. The molecule has 1 atom stereocenters. The number of benzene rings is 1. The molecule has 0 aliphatic rings. The third-order valence-corrected chi connectivity index (χ3v) is 5.47. The summed E-state index contributed by atoms with van der Waals surface area (Å²) in [6.45, 7) is 9.67. The van der Waals surface area contributed by atoms with Gasteiger partial charge in [-0.05, 0) is 43.5 Å². The van der Waals surface area contributed by atoms with Gasteiger partial charge >= 0.3 is 11.9 Å². The number of rotatable bonds is 14. The molecule has 0 aliphatic carbocycles. The van der Waals surface area contributed by atoms with Crippen LogP contribution in [0.15, 0.2) is 48.8 Å². The van der Waals surface area contributed by atoms with Crippen LogP contribution in [0.3, 0.4) is 0 Å². The maximum atomic E-state index is 12.0. The molecule has 0 spiro atoms. The maximum absolute atomic E-state index is 12.0. The highest BCUT2D eigenvalue weighted by atomic mass is 16.5. The van der Waals surface area contributed by atoms with Gasteiger partial charge in [-0.3, -0.25) is 9.59 Å². The van der Waals surface area contributed by atoms with E-state index in [2.05, 4.69) is 49.0 Å². The number of hydrogen-bond donors (Lipinski definition) is 0. The molecule has 0 aliphatic heterocycles. The van der Waals surface area contributed by atoms with Gasteiger partial charge in [-0.25, -0.2) is 4.57 Å². The van der Waals surface area contributed by atoms with Crippen molar-refractivity contribution in [2.75, 3.05) is 31.2 Å². The lowest BCUT2D eigenvalue weighted by Crippen LogP contribution is -2.36. The molecule has 2 aromatic rings. The van der Waals surface area contributed by atoms with Gasteiger partial charge in [0, 0.05) is 23.7 Å². The first-order valence-electron chi connectivity index (χ1n) is 12.3. The van der Waals surface area contributed by atoms with Crippen molar-refractivity contribution in [3.05, 3.63) is 59.9 Å². The molecular formula is C28H39N2O4+. The van der Waals surface area contributed by atoms with Gasteiger partial charge in [0.1, 0.15) is 13.1 Å². The minimum Gasteiger partial charge on any atom is -0.465 e. The average Bonchev–Trinajstić information content (AvgIpc) is 2.82. The van der Waals surface area contributed by atoms with Crippen LogP contribution in [0.1, 0.15) is 58.1 Å². The molecule has 1 aromatic heterocycles. The van der Waals surface area contributed by atoms with Crippen LogP contribution in [-0.2, 0) is 25.6 Å². The van der Waals surface area contributed by atoms with Crippen molar-refractivity contribution >= 4 is 29.8 Å². The first-order chi connectivity index (χ1) is 16.4. The number of nitrogens with zero attached hydrogens (tertiary/aromatic N) is 2. The SMILES string of the molecule is CCCCC(C)C[n+]1ccc(/C=C/c2ccc(N(CC(=O)OCC)CC(=O)OCC)cc2)cc1. The smallest absolute Gasteiger partial charge is 0.325 e. The number of aromatic nitrogens is 1. The van der Waals surface area contributed by atoms with Gasteiger partial charge in [-0.2, -0.15) is 0 Å². The number of pyridine rings is 1. The molecule has 0 amide bonds. The average molecular weight is 468 g/mol. The largest absolute Gasteiger partial charge is 0.465 e. The zero-order chi connectivity index (χ0) is 24.8. The lowest BCUT2D eigenvalue weighted by atomic mass is 10.0. The van der Waals surface area contributed by atoms with Crippen molar-refractivity contribution in [1.82, 2.24) is 0 Å². The Morgan fingerprint density at radius 1 is 0.882 bits per heavy atom. The molecule has 0 saturated carbocycles. The van der Waals surface area contributed by atoms with Crippen LogP contribution >= 0.6 is 0 Å². The lowest BCUT2D eigenvalue weighted by molar-refractivity contribution is -0.703. The van der Waals surface area contributed by atoms with Gasteiger partial charge in [0.2, 0.25) is 0 Å². The fourth-order valence-corrected chi connectivity index (χ4v) is 3.66. The Kier molecular flexibility index (Phi) is 11.9. The van der Waals surface area contributed by atoms with Gasteiger partial charge in [-0.15, -0.1) is 0 Å². The maximum Gasteiger partial charge on any atom is 0.325 e. The summed E-state index contributed by atoms with van der Waals surface area (Å²) in [5, 5.41) is 0. The molecule has 6 heteroatoms. The highest BCUT2D eigenvalue weighted by Crippen LogP contribution is 2.17. The molecule has 1 heterocycles. The predicted molar refractivity (Wildman–Crippen MR) is 136 cm³/mol. The van der Waals surface area contributed by atoms with Gasteiger partial charge in [0.25, 0.3) is 0 Å². The van der Waals surface area contributed by atoms with Gasteiger partial charge in [0.15, 0.2) is 18.9 Å². The molecule has 1 aromatic carbocycles. The second-order valence-corrected chi connectivity index (χ2v) is 8.47. The molecule has 0 bridgehead atoms. The van der Waals surface area contributed by atoms with E-state index in [0.717, 1.165) is 23.4 Å². The summed E-state index contributed by atoms with van der Waals surface area (Å²) in [6, 6.07) is 12.0.